The first-order valence-corrected chi connectivity index (χ1v) is 7.91. The van der Waals surface area contributed by atoms with Crippen LogP contribution in [0, 0.1) is 11.8 Å². The topological polar surface area (TPSA) is 62.2 Å². The van der Waals surface area contributed by atoms with Gasteiger partial charge in [0.15, 0.2) is 5.13 Å². The maximum absolute atomic E-state index is 10.5. The van der Waals surface area contributed by atoms with Gasteiger partial charge >= 0.3 is 5.97 Å². The minimum atomic E-state index is -0.765. The highest BCUT2D eigenvalue weighted by Gasteiger charge is 2.18. The van der Waals surface area contributed by atoms with Gasteiger partial charge in [0.05, 0.1) is 12.1 Å². The van der Waals surface area contributed by atoms with Gasteiger partial charge in [-0.1, -0.05) is 19.8 Å². The summed E-state index contributed by atoms with van der Waals surface area (Å²) in [6, 6.07) is 0. The molecular weight excluding hydrogens is 260 g/mol. The Kier molecular flexibility index (Phi) is 5.19. The summed E-state index contributed by atoms with van der Waals surface area (Å²) >= 11 is 1.58. The molecule has 0 saturated heterocycles. The van der Waals surface area contributed by atoms with E-state index in [0.717, 1.165) is 29.2 Å². The van der Waals surface area contributed by atoms with E-state index in [1.807, 2.05) is 5.38 Å². The number of aromatic nitrogens is 1. The van der Waals surface area contributed by atoms with Crippen molar-refractivity contribution in [2.75, 3.05) is 11.9 Å². The van der Waals surface area contributed by atoms with E-state index in [-0.39, 0.29) is 6.42 Å². The first-order chi connectivity index (χ1) is 9.13. The zero-order valence-corrected chi connectivity index (χ0v) is 12.2. The Morgan fingerprint density at radius 2 is 2.42 bits per heavy atom. The number of hydrogen-bond donors (Lipinski definition) is 2. The number of nitrogens with zero attached hydrogens (tertiary/aromatic N) is 1. The van der Waals surface area contributed by atoms with Gasteiger partial charge in [-0.25, -0.2) is 4.98 Å². The summed E-state index contributed by atoms with van der Waals surface area (Å²) in [5.74, 6) is 0.844. The molecule has 19 heavy (non-hydrogen) atoms. The van der Waals surface area contributed by atoms with Crippen LogP contribution in [0.1, 0.15) is 44.7 Å². The number of carboxylic acid groups (broad SMARTS) is 1. The fourth-order valence-electron chi connectivity index (χ4n) is 2.71. The van der Waals surface area contributed by atoms with Gasteiger partial charge in [0.25, 0.3) is 0 Å². The number of hydrogen-bond acceptors (Lipinski definition) is 4. The number of thiazole rings is 1. The van der Waals surface area contributed by atoms with Gasteiger partial charge in [0.1, 0.15) is 0 Å². The molecule has 0 radical (unpaired) electrons. The van der Waals surface area contributed by atoms with Crippen LogP contribution in [0.2, 0.25) is 0 Å². The monoisotopic (exact) mass is 282 g/mol. The van der Waals surface area contributed by atoms with Crippen molar-refractivity contribution in [2.24, 2.45) is 11.8 Å². The molecule has 1 aliphatic rings. The highest BCUT2D eigenvalue weighted by Crippen LogP contribution is 2.29. The second-order valence-corrected chi connectivity index (χ2v) is 6.41. The third kappa shape index (κ3) is 4.82. The number of aliphatic carboxylic acids is 1. The van der Waals surface area contributed by atoms with Crippen molar-refractivity contribution in [3.63, 3.8) is 0 Å². The molecule has 0 aliphatic heterocycles. The van der Waals surface area contributed by atoms with Crippen LogP contribution >= 0.6 is 11.3 Å². The molecule has 2 rings (SSSR count). The lowest BCUT2D eigenvalue weighted by Gasteiger charge is -2.26. The van der Waals surface area contributed by atoms with Gasteiger partial charge < -0.3 is 10.4 Å². The summed E-state index contributed by atoms with van der Waals surface area (Å²) < 4.78 is 0. The van der Waals surface area contributed by atoms with Crippen molar-refractivity contribution in [3.8, 4) is 0 Å². The minimum Gasteiger partial charge on any atom is -0.481 e. The summed E-state index contributed by atoms with van der Waals surface area (Å²) in [7, 11) is 0. The lowest BCUT2D eigenvalue weighted by molar-refractivity contribution is -0.136. The molecule has 1 aliphatic carbocycles. The normalized spacial score (nSPS) is 23.2. The number of aryl methyl sites for hydroxylation is 1. The second-order valence-electron chi connectivity index (χ2n) is 5.56. The van der Waals surface area contributed by atoms with E-state index in [0.29, 0.717) is 6.42 Å². The van der Waals surface area contributed by atoms with Gasteiger partial charge in [-0.05, 0) is 24.7 Å². The average molecular weight is 282 g/mol. The minimum absolute atomic E-state index is 0.156. The molecule has 1 aromatic heterocycles. The predicted octanol–water partition coefficient (Wildman–Crippen LogP) is 3.40. The highest BCUT2D eigenvalue weighted by molar-refractivity contribution is 7.13. The molecule has 2 unspecified atom stereocenters. The van der Waals surface area contributed by atoms with Crippen LogP contribution in [0.5, 0.6) is 0 Å². The Balaban J connectivity index is 1.75. The van der Waals surface area contributed by atoms with Crippen LogP contribution in [0.15, 0.2) is 5.38 Å². The maximum Gasteiger partial charge on any atom is 0.303 e. The quantitative estimate of drug-likeness (QED) is 0.839. The summed E-state index contributed by atoms with van der Waals surface area (Å²) in [6.45, 7) is 3.33. The summed E-state index contributed by atoms with van der Waals surface area (Å²) in [5.41, 5.74) is 0.881. The molecule has 2 atom stereocenters. The van der Waals surface area contributed by atoms with E-state index in [4.69, 9.17) is 5.11 Å². The van der Waals surface area contributed by atoms with Gasteiger partial charge in [0.2, 0.25) is 0 Å². The van der Waals surface area contributed by atoms with E-state index >= 15 is 0 Å². The Bertz CT molecular complexity index is 419. The molecule has 1 aromatic rings. The fraction of sp³-hybridized carbons (Fsp3) is 0.714. The van der Waals surface area contributed by atoms with E-state index in [1.165, 1.54) is 25.7 Å². The van der Waals surface area contributed by atoms with Gasteiger partial charge in [0, 0.05) is 18.3 Å². The number of carbonyl (C=O) groups is 1. The van der Waals surface area contributed by atoms with Crippen molar-refractivity contribution >= 4 is 22.4 Å². The van der Waals surface area contributed by atoms with Crippen LogP contribution in [-0.2, 0) is 11.2 Å². The van der Waals surface area contributed by atoms with Gasteiger partial charge in [-0.15, -0.1) is 11.3 Å². The molecular formula is C14H22N2O2S. The van der Waals surface area contributed by atoms with Crippen molar-refractivity contribution in [1.82, 2.24) is 4.98 Å². The van der Waals surface area contributed by atoms with Crippen molar-refractivity contribution in [2.45, 2.75) is 45.4 Å². The zero-order chi connectivity index (χ0) is 13.7. The second kappa shape index (κ2) is 6.89. The summed E-state index contributed by atoms with van der Waals surface area (Å²) in [6.07, 6.45) is 6.01. The van der Waals surface area contributed by atoms with Crippen LogP contribution in [0.3, 0.4) is 0 Å². The van der Waals surface area contributed by atoms with Crippen molar-refractivity contribution < 1.29 is 9.90 Å². The molecule has 0 spiro atoms. The fourth-order valence-corrected chi connectivity index (χ4v) is 3.47. The van der Waals surface area contributed by atoms with Crippen LogP contribution < -0.4 is 5.32 Å². The average Bonchev–Trinajstić information content (AvgIpc) is 2.82. The van der Waals surface area contributed by atoms with Gasteiger partial charge in [-0.3, -0.25) is 4.79 Å². The Morgan fingerprint density at radius 3 is 3.16 bits per heavy atom. The molecule has 2 N–H and O–H groups in total. The Morgan fingerprint density at radius 1 is 1.58 bits per heavy atom. The van der Waals surface area contributed by atoms with E-state index < -0.39 is 5.97 Å². The van der Waals surface area contributed by atoms with Crippen LogP contribution in [-0.4, -0.2) is 22.6 Å². The van der Waals surface area contributed by atoms with Crippen LogP contribution in [0.25, 0.3) is 0 Å². The number of anilines is 1. The molecule has 0 aromatic carbocycles. The largest absolute Gasteiger partial charge is 0.481 e. The lowest BCUT2D eigenvalue weighted by Crippen LogP contribution is -2.20. The lowest BCUT2D eigenvalue weighted by atomic mass is 9.82. The molecule has 106 valence electrons. The molecule has 5 heteroatoms. The highest BCUT2D eigenvalue weighted by atomic mass is 32.1. The van der Waals surface area contributed by atoms with E-state index in [9.17, 15) is 4.79 Å². The number of nitrogens with one attached hydrogen (secondary N) is 1. The Hall–Kier alpha value is -1.10. The third-order valence-electron chi connectivity index (χ3n) is 3.73. The maximum atomic E-state index is 10.5. The summed E-state index contributed by atoms with van der Waals surface area (Å²) in [5, 5.41) is 14.9. The molecule has 1 fully saturated rings. The zero-order valence-electron chi connectivity index (χ0n) is 11.4. The van der Waals surface area contributed by atoms with E-state index in [2.05, 4.69) is 17.2 Å². The van der Waals surface area contributed by atoms with Crippen molar-refractivity contribution in [1.29, 1.82) is 0 Å². The molecule has 0 bridgehead atoms. The summed E-state index contributed by atoms with van der Waals surface area (Å²) in [4.78, 5) is 14.9. The van der Waals surface area contributed by atoms with Crippen molar-refractivity contribution in [3.05, 3.63) is 11.1 Å². The number of carboxylic acids is 1. The molecule has 0 amide bonds. The number of rotatable bonds is 6. The smallest absolute Gasteiger partial charge is 0.303 e. The van der Waals surface area contributed by atoms with Gasteiger partial charge in [-0.2, -0.15) is 0 Å². The molecule has 1 heterocycles. The predicted molar refractivity (Wildman–Crippen MR) is 77.7 cm³/mol. The first kappa shape index (κ1) is 14.3. The van der Waals surface area contributed by atoms with E-state index in [1.54, 1.807) is 11.3 Å². The molecule has 4 nitrogen and oxygen atoms in total. The first-order valence-electron chi connectivity index (χ1n) is 7.03. The standard InChI is InChI=1S/C14H22N2O2S/c1-10-3-2-4-11(7-10)8-15-14-16-12(9-19-14)5-6-13(17)18/h9-11H,2-8H2,1H3,(H,15,16)(H,17,18). The molecule has 1 saturated carbocycles. The third-order valence-corrected chi connectivity index (χ3v) is 4.58. The SMILES string of the molecule is CC1CCCC(CNc2nc(CCC(=O)O)cs2)C1. The Labute approximate surface area is 118 Å². The van der Waals surface area contributed by atoms with Crippen LogP contribution in [0.4, 0.5) is 5.13 Å².